The predicted octanol–water partition coefficient (Wildman–Crippen LogP) is 2.97. The summed E-state index contributed by atoms with van der Waals surface area (Å²) in [5.74, 6) is -0.377. The van der Waals surface area contributed by atoms with Crippen molar-refractivity contribution in [1.29, 1.82) is 0 Å². The number of carbonyl (C=O) groups is 1. The van der Waals surface area contributed by atoms with Gasteiger partial charge in [0.15, 0.2) is 0 Å². The number of aromatic nitrogens is 5. The van der Waals surface area contributed by atoms with Gasteiger partial charge < -0.3 is 24.4 Å². The highest BCUT2D eigenvalue weighted by molar-refractivity contribution is 8.20. The van der Waals surface area contributed by atoms with Crippen LogP contribution in [-0.4, -0.2) is 79.2 Å². The number of amides is 1. The van der Waals surface area contributed by atoms with Crippen LogP contribution in [0.25, 0.3) is 0 Å². The molecule has 3 N–H and O–H groups in total. The van der Waals surface area contributed by atoms with Crippen LogP contribution in [0.1, 0.15) is 35.5 Å². The van der Waals surface area contributed by atoms with Crippen LogP contribution in [0.15, 0.2) is 82.8 Å². The number of hydroxylamine groups is 1. The molecule has 1 atom stereocenters. The molecule has 43 heavy (non-hydrogen) atoms. The lowest BCUT2D eigenvalue weighted by atomic mass is 10.0. The van der Waals surface area contributed by atoms with Crippen molar-refractivity contribution >= 4 is 27.2 Å². The van der Waals surface area contributed by atoms with Crippen molar-refractivity contribution in [2.75, 3.05) is 38.7 Å². The van der Waals surface area contributed by atoms with Gasteiger partial charge in [-0.1, -0.05) is 16.6 Å². The molecule has 0 radical (unpaired) electrons. The molecule has 14 heteroatoms. The summed E-state index contributed by atoms with van der Waals surface area (Å²) in [5.41, 5.74) is 4.73. The lowest BCUT2D eigenvalue weighted by Crippen LogP contribution is -2.36. The van der Waals surface area contributed by atoms with Crippen LogP contribution in [0.3, 0.4) is 0 Å². The summed E-state index contributed by atoms with van der Waals surface area (Å²) < 4.78 is 16.7. The molecule has 3 aromatic heterocycles. The molecule has 1 saturated heterocycles. The molecule has 13 nitrogen and oxygen atoms in total. The standard InChI is InChI=1S/C29H30N8O5S/c1-29(2,35-27-30-14-19(15-31-27)26(38)36-39)24-5-4-6-25(34-24)43-22(18-12-32-28(40-3)33-13-18)11-20-21(16-42-17-23(20)43)37-7-9-41-10-8-37/h4-6,11-17,39H,7-10H2,1-3H3,(H,36,38)(H,30,31,35). The van der Waals surface area contributed by atoms with E-state index in [1.807, 2.05) is 32.0 Å². The molecule has 0 aromatic carbocycles. The van der Waals surface area contributed by atoms with E-state index in [2.05, 4.69) is 36.2 Å². The van der Waals surface area contributed by atoms with Crippen LogP contribution in [0, 0.1) is 0 Å². The number of rotatable bonds is 8. The molecule has 6 heterocycles. The lowest BCUT2D eigenvalue weighted by molar-refractivity contribution is 0.0533. The molecular weight excluding hydrogens is 572 g/mol. The highest BCUT2D eigenvalue weighted by Gasteiger charge is 2.33. The largest absolute Gasteiger partial charge is 0.469 e. The Kier molecular flexibility index (Phi) is 7.88. The molecule has 0 aliphatic carbocycles. The number of carbonyl (C=O) groups excluding carboxylic acids is 1. The molecule has 3 aromatic rings. The molecular formula is C29H30N8O5S. The van der Waals surface area contributed by atoms with E-state index < -0.39 is 21.9 Å². The number of allylic oxidation sites excluding steroid dienone is 2. The second kappa shape index (κ2) is 11.9. The molecule has 0 spiro atoms. The number of nitrogens with one attached hydrogen (secondary N) is 2. The summed E-state index contributed by atoms with van der Waals surface area (Å²) in [4.78, 5) is 38.3. The van der Waals surface area contributed by atoms with Gasteiger partial charge in [-0.2, -0.15) is 0 Å². The number of morpholine rings is 1. The quantitative estimate of drug-likeness (QED) is 0.197. The molecule has 1 amide bonds. The van der Waals surface area contributed by atoms with E-state index in [9.17, 15) is 4.79 Å². The first-order chi connectivity index (χ1) is 20.9. The van der Waals surface area contributed by atoms with E-state index in [1.165, 1.54) is 19.5 Å². The van der Waals surface area contributed by atoms with Gasteiger partial charge in [-0.25, -0.2) is 30.4 Å². The third kappa shape index (κ3) is 5.71. The maximum absolute atomic E-state index is 11.7. The smallest absolute Gasteiger partial charge is 0.316 e. The molecule has 6 rings (SSSR count). The summed E-state index contributed by atoms with van der Waals surface area (Å²) in [6, 6.07) is 6.23. The summed E-state index contributed by atoms with van der Waals surface area (Å²) >= 11 is 0. The summed E-state index contributed by atoms with van der Waals surface area (Å²) in [6.45, 7) is 6.81. The van der Waals surface area contributed by atoms with Crippen molar-refractivity contribution in [2.45, 2.75) is 24.4 Å². The van der Waals surface area contributed by atoms with Gasteiger partial charge >= 0.3 is 6.01 Å². The molecule has 3 aliphatic rings. The summed E-state index contributed by atoms with van der Waals surface area (Å²) in [5, 5.41) is 13.0. The van der Waals surface area contributed by atoms with Gasteiger partial charge in [0.05, 0.1) is 52.7 Å². The number of hydrogen-bond acceptors (Lipinski definition) is 12. The Morgan fingerprint density at radius 1 is 1.07 bits per heavy atom. The van der Waals surface area contributed by atoms with Gasteiger partial charge in [0.2, 0.25) is 5.95 Å². The van der Waals surface area contributed by atoms with Crippen LogP contribution in [0.4, 0.5) is 5.95 Å². The first kappa shape index (κ1) is 28.5. The maximum atomic E-state index is 11.7. The monoisotopic (exact) mass is 602 g/mol. The minimum Gasteiger partial charge on any atom is -0.469 e. The van der Waals surface area contributed by atoms with Crippen molar-refractivity contribution < 1.29 is 24.2 Å². The maximum Gasteiger partial charge on any atom is 0.316 e. The van der Waals surface area contributed by atoms with Gasteiger partial charge in [-0.3, -0.25) is 10.0 Å². The Labute approximate surface area is 250 Å². The Morgan fingerprint density at radius 3 is 2.51 bits per heavy atom. The Balaban J connectivity index is 1.37. The fourth-order valence-corrected chi connectivity index (χ4v) is 7.05. The highest BCUT2D eigenvalue weighted by atomic mass is 32.2. The van der Waals surface area contributed by atoms with E-state index in [0.717, 1.165) is 50.4 Å². The Hall–Kier alpha value is -4.66. The number of fused-ring (bicyclic) bond motifs is 1. The molecule has 1 fully saturated rings. The second-order valence-corrected chi connectivity index (χ2v) is 12.2. The van der Waals surface area contributed by atoms with Gasteiger partial charge in [-0.05, 0) is 32.1 Å². The summed E-state index contributed by atoms with van der Waals surface area (Å²) in [6.07, 6.45) is 12.0. The van der Waals surface area contributed by atoms with Crippen LogP contribution in [0.5, 0.6) is 6.01 Å². The molecule has 222 valence electrons. The van der Waals surface area contributed by atoms with Crippen LogP contribution < -0.4 is 15.5 Å². The topological polar surface area (TPSA) is 157 Å². The minimum absolute atomic E-state index is 0.135. The van der Waals surface area contributed by atoms with E-state index >= 15 is 0 Å². The predicted molar refractivity (Wildman–Crippen MR) is 158 cm³/mol. The van der Waals surface area contributed by atoms with Gasteiger partial charge in [0.1, 0.15) is 12.5 Å². The van der Waals surface area contributed by atoms with Crippen molar-refractivity contribution in [3.63, 3.8) is 0 Å². The lowest BCUT2D eigenvalue weighted by Gasteiger charge is -2.33. The SMILES string of the molecule is COc1ncc(C2=S(c3cccc(C(C)(C)Nc4ncc(C(=O)NO)cn4)n3)C3=COC=C(N4CCOCC4)C3=C2)cn1. The van der Waals surface area contributed by atoms with Crippen LogP contribution in [-0.2, 0) is 15.0 Å². The van der Waals surface area contributed by atoms with Crippen LogP contribution in [0.2, 0.25) is 0 Å². The first-order valence-corrected chi connectivity index (χ1v) is 14.7. The normalized spacial score (nSPS) is 18.1. The zero-order chi connectivity index (χ0) is 30.0. The highest BCUT2D eigenvalue weighted by Crippen LogP contribution is 2.50. The number of hydrogen-bond donors (Lipinski definition) is 3. The van der Waals surface area contributed by atoms with E-state index in [1.54, 1.807) is 30.4 Å². The van der Waals surface area contributed by atoms with Crippen molar-refractivity contribution in [3.8, 4) is 6.01 Å². The van der Waals surface area contributed by atoms with Gasteiger partial charge in [-0.15, -0.1) is 0 Å². The van der Waals surface area contributed by atoms with E-state index in [0.29, 0.717) is 25.2 Å². The number of anilines is 1. The number of ether oxygens (including phenoxy) is 3. The molecule has 0 saturated carbocycles. The van der Waals surface area contributed by atoms with Crippen molar-refractivity contribution in [2.24, 2.45) is 0 Å². The first-order valence-electron chi connectivity index (χ1n) is 13.5. The molecule has 3 aliphatic heterocycles. The Bertz CT molecular complexity index is 1660. The number of methoxy groups -OCH3 is 1. The average molecular weight is 603 g/mol. The van der Waals surface area contributed by atoms with Gasteiger partial charge in [0, 0.05) is 53.9 Å². The fourth-order valence-electron chi connectivity index (χ4n) is 4.84. The molecule has 0 bridgehead atoms. The van der Waals surface area contributed by atoms with Crippen molar-refractivity contribution in [1.82, 2.24) is 35.3 Å². The molecule has 1 unspecified atom stereocenters. The third-order valence-electron chi connectivity index (χ3n) is 7.07. The zero-order valence-corrected chi connectivity index (χ0v) is 24.6. The fraction of sp³-hybridized carbons (Fsp3) is 0.276. The van der Waals surface area contributed by atoms with Crippen LogP contribution >= 0.6 is 10.5 Å². The van der Waals surface area contributed by atoms with E-state index in [4.69, 9.17) is 24.4 Å². The summed E-state index contributed by atoms with van der Waals surface area (Å²) in [7, 11) is 0.910. The number of nitrogens with zero attached hydrogens (tertiary/aromatic N) is 6. The second-order valence-electron chi connectivity index (χ2n) is 10.3. The minimum atomic E-state index is -0.687. The van der Waals surface area contributed by atoms with Crippen molar-refractivity contribution in [3.05, 3.63) is 94.6 Å². The average Bonchev–Trinajstić information content (AvgIpc) is 3.45. The van der Waals surface area contributed by atoms with E-state index in [-0.39, 0.29) is 5.56 Å². The zero-order valence-electron chi connectivity index (χ0n) is 23.8. The third-order valence-corrected chi connectivity index (χ3v) is 9.27. The number of pyridine rings is 1. The van der Waals surface area contributed by atoms with Gasteiger partial charge in [0.25, 0.3) is 5.91 Å². The Morgan fingerprint density at radius 2 is 1.81 bits per heavy atom.